The van der Waals surface area contributed by atoms with Gasteiger partial charge in [0.25, 0.3) is 0 Å². The molecule has 2 aromatic carbocycles. The summed E-state index contributed by atoms with van der Waals surface area (Å²) in [5.41, 5.74) is 5.57. The van der Waals surface area contributed by atoms with E-state index in [1.54, 1.807) is 21.3 Å². The topological polar surface area (TPSA) is 55.8 Å². The molecule has 0 amide bonds. The lowest BCUT2D eigenvalue weighted by Crippen LogP contribution is -2.29. The van der Waals surface area contributed by atoms with Crippen LogP contribution in [-0.2, 0) is 0 Å². The summed E-state index contributed by atoms with van der Waals surface area (Å²) in [6, 6.07) is 12.9. The van der Waals surface area contributed by atoms with E-state index < -0.39 is 0 Å². The highest BCUT2D eigenvalue weighted by atomic mass is 16.5. The van der Waals surface area contributed by atoms with Crippen LogP contribution in [0.25, 0.3) is 10.9 Å². The van der Waals surface area contributed by atoms with Crippen molar-refractivity contribution in [3.05, 3.63) is 53.2 Å². The van der Waals surface area contributed by atoms with Crippen molar-refractivity contribution in [2.45, 2.75) is 37.6 Å². The van der Waals surface area contributed by atoms with E-state index in [0.717, 1.165) is 51.5 Å². The molecule has 1 aliphatic carbocycles. The van der Waals surface area contributed by atoms with E-state index in [1.807, 2.05) is 12.1 Å². The molecule has 1 aromatic heterocycles. The highest BCUT2D eigenvalue weighted by Crippen LogP contribution is 2.44. The fourth-order valence-electron chi connectivity index (χ4n) is 4.85. The molecule has 0 radical (unpaired) electrons. The number of nitrogens with one attached hydrogen (secondary N) is 1. The van der Waals surface area contributed by atoms with Crippen LogP contribution in [0, 0.1) is 0 Å². The Kier molecular flexibility index (Phi) is 4.46. The largest absolute Gasteiger partial charge is 0.497 e. The lowest BCUT2D eigenvalue weighted by molar-refractivity contribution is 0.349. The molecule has 29 heavy (non-hydrogen) atoms. The Bertz CT molecular complexity index is 1100. The van der Waals surface area contributed by atoms with Crippen molar-refractivity contribution in [1.82, 2.24) is 4.98 Å². The maximum absolute atomic E-state index is 5.61. The molecular weight excluding hydrogens is 364 g/mol. The number of fused-ring (bicyclic) bond motifs is 4. The van der Waals surface area contributed by atoms with Crippen molar-refractivity contribution in [2.75, 3.05) is 21.3 Å². The minimum atomic E-state index is 0.324. The number of nitrogens with zero attached hydrogens (tertiary/aromatic N) is 1. The number of ether oxygens (including phenoxy) is 3. The Hall–Kier alpha value is -2.95. The predicted octanol–water partition coefficient (Wildman–Crippen LogP) is 5.07. The van der Waals surface area contributed by atoms with Gasteiger partial charge in [-0.2, -0.15) is 0 Å². The van der Waals surface area contributed by atoms with Crippen molar-refractivity contribution in [3.8, 4) is 17.2 Å². The zero-order valence-electron chi connectivity index (χ0n) is 17.1. The van der Waals surface area contributed by atoms with Gasteiger partial charge >= 0.3 is 0 Å². The van der Waals surface area contributed by atoms with E-state index in [1.165, 1.54) is 24.8 Å². The van der Waals surface area contributed by atoms with Crippen LogP contribution in [0.4, 0.5) is 0 Å². The molecule has 2 aliphatic rings. The number of hydrogen-bond donors (Lipinski definition) is 1. The summed E-state index contributed by atoms with van der Waals surface area (Å²) in [7, 11) is 5.07. The highest BCUT2D eigenvalue weighted by molar-refractivity contribution is 6.15. The van der Waals surface area contributed by atoms with Crippen LogP contribution >= 0.6 is 0 Å². The maximum atomic E-state index is 5.61. The lowest BCUT2D eigenvalue weighted by atomic mass is 9.75. The molecule has 1 aliphatic heterocycles. The highest BCUT2D eigenvalue weighted by Gasteiger charge is 2.35. The van der Waals surface area contributed by atoms with Gasteiger partial charge in [-0.05, 0) is 48.7 Å². The minimum absolute atomic E-state index is 0.324. The molecule has 5 heteroatoms. The second-order valence-electron chi connectivity index (χ2n) is 7.87. The molecule has 150 valence electrons. The van der Waals surface area contributed by atoms with Crippen LogP contribution < -0.4 is 14.2 Å². The Morgan fingerprint density at radius 3 is 2.48 bits per heavy atom. The molecule has 5 nitrogen and oxygen atoms in total. The summed E-state index contributed by atoms with van der Waals surface area (Å²) >= 11 is 0. The van der Waals surface area contributed by atoms with Crippen LogP contribution in [0.5, 0.6) is 17.2 Å². The summed E-state index contributed by atoms with van der Waals surface area (Å²) in [4.78, 5) is 8.80. The first-order valence-corrected chi connectivity index (χ1v) is 10.2. The molecule has 1 saturated carbocycles. The summed E-state index contributed by atoms with van der Waals surface area (Å²) in [5, 5.41) is 1.15. The first kappa shape index (κ1) is 18.1. The number of benzene rings is 2. The van der Waals surface area contributed by atoms with E-state index in [0.29, 0.717) is 12.0 Å². The number of methoxy groups -OCH3 is 3. The summed E-state index contributed by atoms with van der Waals surface area (Å²) < 4.78 is 16.6. The molecule has 0 spiro atoms. The lowest BCUT2D eigenvalue weighted by Gasteiger charge is -2.35. The van der Waals surface area contributed by atoms with Crippen molar-refractivity contribution in [1.29, 1.82) is 0 Å². The number of hydrogen-bond acceptors (Lipinski definition) is 4. The SMILES string of the molecule is COc1ccc2cc(C3=N[C@H]4CCCC[C@H]4c4cc(OC)c(OC)cc43)[nH]c2c1. The first-order chi connectivity index (χ1) is 14.2. The van der Waals surface area contributed by atoms with Crippen LogP contribution in [0.2, 0.25) is 0 Å². The Morgan fingerprint density at radius 1 is 0.897 bits per heavy atom. The standard InChI is InChI=1S/C24H26N2O3/c1-27-15-9-8-14-10-21(25-20(14)11-15)24-18-13-23(29-3)22(28-2)12-17(18)16-6-4-5-7-19(16)26-24/h8-13,16,19,25H,4-7H2,1-3H3/t16-,19-/m0/s1. The zero-order valence-corrected chi connectivity index (χ0v) is 17.1. The van der Waals surface area contributed by atoms with Gasteiger partial charge in [0.05, 0.1) is 38.8 Å². The quantitative estimate of drug-likeness (QED) is 0.677. The average Bonchev–Trinajstić information content (AvgIpc) is 3.20. The third-order valence-corrected chi connectivity index (χ3v) is 6.32. The third kappa shape index (κ3) is 2.96. The zero-order chi connectivity index (χ0) is 20.0. The Balaban J connectivity index is 1.69. The van der Waals surface area contributed by atoms with Gasteiger partial charge in [-0.1, -0.05) is 12.8 Å². The van der Waals surface area contributed by atoms with Gasteiger partial charge in [0.1, 0.15) is 5.75 Å². The van der Waals surface area contributed by atoms with Crippen LogP contribution in [0.15, 0.2) is 41.4 Å². The van der Waals surface area contributed by atoms with Crippen LogP contribution in [0.1, 0.15) is 48.4 Å². The Labute approximate surface area is 170 Å². The minimum Gasteiger partial charge on any atom is -0.497 e. The van der Waals surface area contributed by atoms with E-state index in [9.17, 15) is 0 Å². The van der Waals surface area contributed by atoms with Crippen molar-refractivity contribution in [3.63, 3.8) is 0 Å². The number of aromatic nitrogens is 1. The van der Waals surface area contributed by atoms with Gasteiger partial charge in [0.15, 0.2) is 11.5 Å². The molecule has 0 saturated heterocycles. The number of aromatic amines is 1. The van der Waals surface area contributed by atoms with Crippen LogP contribution in [-0.4, -0.2) is 38.1 Å². The molecule has 1 N–H and O–H groups in total. The molecular formula is C24H26N2O3. The Morgan fingerprint density at radius 2 is 1.69 bits per heavy atom. The van der Waals surface area contributed by atoms with Crippen molar-refractivity contribution in [2.24, 2.45) is 4.99 Å². The number of H-pyrrole nitrogens is 1. The van der Waals surface area contributed by atoms with E-state index in [4.69, 9.17) is 19.2 Å². The second-order valence-corrected chi connectivity index (χ2v) is 7.87. The molecule has 2 atom stereocenters. The fraction of sp³-hybridized carbons (Fsp3) is 0.375. The summed E-state index contributed by atoms with van der Waals surface area (Å²) in [6.45, 7) is 0. The first-order valence-electron chi connectivity index (χ1n) is 10.2. The molecule has 1 fully saturated rings. The number of rotatable bonds is 4. The summed E-state index contributed by atoms with van der Waals surface area (Å²) in [5.74, 6) is 2.83. The van der Waals surface area contributed by atoms with Crippen molar-refractivity contribution >= 4 is 16.6 Å². The second kappa shape index (κ2) is 7.14. The number of aliphatic imine (C=N–C) groups is 1. The molecule has 5 rings (SSSR count). The normalized spacial score (nSPS) is 20.6. The van der Waals surface area contributed by atoms with Crippen LogP contribution in [0.3, 0.4) is 0 Å². The van der Waals surface area contributed by atoms with Crippen molar-refractivity contribution < 1.29 is 14.2 Å². The van der Waals surface area contributed by atoms with Gasteiger partial charge < -0.3 is 19.2 Å². The monoisotopic (exact) mass is 390 g/mol. The van der Waals surface area contributed by atoms with E-state index >= 15 is 0 Å². The summed E-state index contributed by atoms with van der Waals surface area (Å²) in [6.07, 6.45) is 4.81. The molecule has 2 heterocycles. The van der Waals surface area contributed by atoms with Gasteiger partial charge in [0, 0.05) is 28.5 Å². The van der Waals surface area contributed by atoms with Gasteiger partial charge in [-0.25, -0.2) is 0 Å². The maximum Gasteiger partial charge on any atom is 0.161 e. The van der Waals surface area contributed by atoms with Gasteiger partial charge in [-0.15, -0.1) is 0 Å². The van der Waals surface area contributed by atoms with Gasteiger partial charge in [0.2, 0.25) is 0 Å². The molecule has 3 aromatic rings. The predicted molar refractivity (Wildman–Crippen MR) is 115 cm³/mol. The van der Waals surface area contributed by atoms with E-state index in [-0.39, 0.29) is 0 Å². The average molecular weight is 390 g/mol. The van der Waals surface area contributed by atoms with E-state index in [2.05, 4.69) is 29.2 Å². The fourth-order valence-corrected chi connectivity index (χ4v) is 4.85. The van der Waals surface area contributed by atoms with Gasteiger partial charge in [-0.3, -0.25) is 4.99 Å². The third-order valence-electron chi connectivity index (χ3n) is 6.32. The molecule has 0 unspecified atom stereocenters. The molecule has 0 bridgehead atoms. The smallest absolute Gasteiger partial charge is 0.161 e.